The zero-order chi connectivity index (χ0) is 8.32. The highest BCUT2D eigenvalue weighted by molar-refractivity contribution is 5.14. The minimum atomic E-state index is -0.735. The van der Waals surface area contributed by atoms with Crippen molar-refractivity contribution in [2.75, 3.05) is 6.61 Å². The predicted molar refractivity (Wildman–Crippen MR) is 40.7 cm³/mol. The van der Waals surface area contributed by atoms with Crippen molar-refractivity contribution in [1.29, 1.82) is 0 Å². The molecule has 1 aromatic rings. The standard InChI is InChI=1S/C7H11N3O/c1-7(8,4-11)6-2-9-5-10-3-6/h2-3,5,11H,4,8H2,1H3/t7-/m1/s1. The maximum Gasteiger partial charge on any atom is 0.115 e. The molecule has 0 aliphatic rings. The number of nitrogens with zero attached hydrogens (tertiary/aromatic N) is 2. The lowest BCUT2D eigenvalue weighted by molar-refractivity contribution is 0.209. The zero-order valence-electron chi connectivity index (χ0n) is 6.36. The summed E-state index contributed by atoms with van der Waals surface area (Å²) >= 11 is 0. The molecule has 0 aromatic carbocycles. The van der Waals surface area contributed by atoms with Gasteiger partial charge in [-0.2, -0.15) is 0 Å². The summed E-state index contributed by atoms with van der Waals surface area (Å²) < 4.78 is 0. The molecule has 0 saturated heterocycles. The van der Waals surface area contributed by atoms with E-state index in [1.807, 2.05) is 0 Å². The van der Waals surface area contributed by atoms with Crippen LogP contribution in [0.3, 0.4) is 0 Å². The Balaban J connectivity index is 2.93. The van der Waals surface area contributed by atoms with Gasteiger partial charge in [-0.15, -0.1) is 0 Å². The van der Waals surface area contributed by atoms with Gasteiger partial charge in [-0.3, -0.25) is 0 Å². The third kappa shape index (κ3) is 1.72. The molecule has 0 spiro atoms. The summed E-state index contributed by atoms with van der Waals surface area (Å²) in [7, 11) is 0. The minimum Gasteiger partial charge on any atom is -0.394 e. The molecule has 1 heterocycles. The highest BCUT2D eigenvalue weighted by Crippen LogP contribution is 2.13. The number of aliphatic hydroxyl groups excluding tert-OH is 1. The lowest BCUT2D eigenvalue weighted by Crippen LogP contribution is -2.37. The van der Waals surface area contributed by atoms with E-state index >= 15 is 0 Å². The summed E-state index contributed by atoms with van der Waals surface area (Å²) in [5.41, 5.74) is 5.71. The second-order valence-corrected chi connectivity index (χ2v) is 2.70. The molecule has 0 radical (unpaired) electrons. The van der Waals surface area contributed by atoms with Gasteiger partial charge in [0.15, 0.2) is 0 Å². The van der Waals surface area contributed by atoms with Gasteiger partial charge >= 0.3 is 0 Å². The summed E-state index contributed by atoms with van der Waals surface area (Å²) in [5.74, 6) is 0. The van der Waals surface area contributed by atoms with Crippen LogP contribution in [0.1, 0.15) is 12.5 Å². The van der Waals surface area contributed by atoms with E-state index < -0.39 is 5.54 Å². The molecule has 0 amide bonds. The fourth-order valence-corrected chi connectivity index (χ4v) is 0.685. The summed E-state index contributed by atoms with van der Waals surface area (Å²) in [6, 6.07) is 0. The van der Waals surface area contributed by atoms with Crippen molar-refractivity contribution < 1.29 is 5.11 Å². The quantitative estimate of drug-likeness (QED) is 0.608. The van der Waals surface area contributed by atoms with Crippen LogP contribution < -0.4 is 5.73 Å². The van der Waals surface area contributed by atoms with Crippen molar-refractivity contribution >= 4 is 0 Å². The Bertz CT molecular complexity index is 222. The molecule has 11 heavy (non-hydrogen) atoms. The molecule has 1 rings (SSSR count). The van der Waals surface area contributed by atoms with Crippen molar-refractivity contribution in [1.82, 2.24) is 9.97 Å². The average Bonchev–Trinajstić information content (AvgIpc) is 2.06. The molecule has 0 unspecified atom stereocenters. The molecule has 0 fully saturated rings. The van der Waals surface area contributed by atoms with Crippen LogP contribution in [0.2, 0.25) is 0 Å². The third-order valence-corrected chi connectivity index (χ3v) is 1.55. The van der Waals surface area contributed by atoms with Crippen LogP contribution in [-0.2, 0) is 5.54 Å². The molecule has 60 valence electrons. The van der Waals surface area contributed by atoms with Gasteiger partial charge in [0.2, 0.25) is 0 Å². The van der Waals surface area contributed by atoms with Crippen LogP contribution in [0.15, 0.2) is 18.7 Å². The highest BCUT2D eigenvalue weighted by Gasteiger charge is 2.19. The van der Waals surface area contributed by atoms with Gasteiger partial charge in [0.1, 0.15) is 6.33 Å². The van der Waals surface area contributed by atoms with Crippen LogP contribution in [0.25, 0.3) is 0 Å². The molecule has 3 N–H and O–H groups in total. The summed E-state index contributed by atoms with van der Waals surface area (Å²) in [4.78, 5) is 7.59. The largest absolute Gasteiger partial charge is 0.394 e. The molecule has 0 saturated carbocycles. The predicted octanol–water partition coefficient (Wildman–Crippen LogP) is -0.357. The fourth-order valence-electron chi connectivity index (χ4n) is 0.685. The first-order valence-electron chi connectivity index (χ1n) is 3.32. The Kier molecular flexibility index (Phi) is 2.16. The maximum atomic E-state index is 8.87. The minimum absolute atomic E-state index is 0.111. The highest BCUT2D eigenvalue weighted by atomic mass is 16.3. The molecule has 1 aromatic heterocycles. The summed E-state index contributed by atoms with van der Waals surface area (Å²) in [6.07, 6.45) is 4.63. The Morgan fingerprint density at radius 2 is 2.09 bits per heavy atom. The first kappa shape index (κ1) is 8.10. The fraction of sp³-hybridized carbons (Fsp3) is 0.429. The number of aromatic nitrogens is 2. The topological polar surface area (TPSA) is 72.0 Å². The third-order valence-electron chi connectivity index (χ3n) is 1.55. The molecule has 1 atom stereocenters. The molecular weight excluding hydrogens is 142 g/mol. The van der Waals surface area contributed by atoms with E-state index in [1.165, 1.54) is 6.33 Å². The van der Waals surface area contributed by atoms with E-state index in [2.05, 4.69) is 9.97 Å². The summed E-state index contributed by atoms with van der Waals surface area (Å²) in [5, 5.41) is 8.87. The normalized spacial score (nSPS) is 15.9. The van der Waals surface area contributed by atoms with Crippen LogP contribution >= 0.6 is 0 Å². The number of aliphatic hydroxyl groups is 1. The van der Waals surface area contributed by atoms with Crippen molar-refractivity contribution in [3.63, 3.8) is 0 Å². The zero-order valence-corrected chi connectivity index (χ0v) is 6.36. The van der Waals surface area contributed by atoms with Crippen LogP contribution in [0.4, 0.5) is 0 Å². The van der Waals surface area contributed by atoms with Gasteiger partial charge in [0.25, 0.3) is 0 Å². The molecule has 0 bridgehead atoms. The molecule has 4 nitrogen and oxygen atoms in total. The Morgan fingerprint density at radius 3 is 2.55 bits per heavy atom. The number of hydrogen-bond donors (Lipinski definition) is 2. The monoisotopic (exact) mass is 153 g/mol. The number of rotatable bonds is 2. The summed E-state index contributed by atoms with van der Waals surface area (Å²) in [6.45, 7) is 1.62. The number of hydrogen-bond acceptors (Lipinski definition) is 4. The average molecular weight is 153 g/mol. The maximum absolute atomic E-state index is 8.87. The molecule has 0 aliphatic carbocycles. The van der Waals surface area contributed by atoms with Crippen LogP contribution in [-0.4, -0.2) is 21.7 Å². The Hall–Kier alpha value is -1.00. The van der Waals surface area contributed by atoms with E-state index in [-0.39, 0.29) is 6.61 Å². The van der Waals surface area contributed by atoms with Crippen molar-refractivity contribution in [2.45, 2.75) is 12.5 Å². The van der Waals surface area contributed by atoms with Gasteiger partial charge in [-0.05, 0) is 6.92 Å². The van der Waals surface area contributed by atoms with Gasteiger partial charge in [0, 0.05) is 18.0 Å². The first-order chi connectivity index (χ1) is 5.17. The van der Waals surface area contributed by atoms with E-state index in [0.717, 1.165) is 5.56 Å². The Morgan fingerprint density at radius 1 is 1.55 bits per heavy atom. The van der Waals surface area contributed by atoms with Crippen molar-refractivity contribution in [3.05, 3.63) is 24.3 Å². The molecular formula is C7H11N3O. The number of nitrogens with two attached hydrogens (primary N) is 1. The second kappa shape index (κ2) is 2.94. The van der Waals surface area contributed by atoms with Crippen LogP contribution in [0, 0.1) is 0 Å². The van der Waals surface area contributed by atoms with E-state index in [1.54, 1.807) is 19.3 Å². The van der Waals surface area contributed by atoms with E-state index in [9.17, 15) is 0 Å². The van der Waals surface area contributed by atoms with E-state index in [4.69, 9.17) is 10.8 Å². The SMILES string of the molecule is C[C@@](N)(CO)c1cncnc1. The lowest BCUT2D eigenvalue weighted by atomic mass is 9.98. The van der Waals surface area contributed by atoms with Gasteiger partial charge < -0.3 is 10.8 Å². The molecule has 4 heteroatoms. The van der Waals surface area contributed by atoms with Gasteiger partial charge in [-0.1, -0.05) is 0 Å². The van der Waals surface area contributed by atoms with Gasteiger partial charge in [0.05, 0.1) is 12.1 Å². The smallest absolute Gasteiger partial charge is 0.115 e. The first-order valence-corrected chi connectivity index (χ1v) is 3.32. The lowest BCUT2D eigenvalue weighted by Gasteiger charge is -2.20. The van der Waals surface area contributed by atoms with Crippen molar-refractivity contribution in [3.8, 4) is 0 Å². The molecule has 0 aliphatic heterocycles. The Labute approximate surface area is 65.1 Å². The van der Waals surface area contributed by atoms with Crippen molar-refractivity contribution in [2.24, 2.45) is 5.73 Å². The van der Waals surface area contributed by atoms with Gasteiger partial charge in [-0.25, -0.2) is 9.97 Å². The van der Waals surface area contributed by atoms with Crippen LogP contribution in [0.5, 0.6) is 0 Å². The van der Waals surface area contributed by atoms with E-state index in [0.29, 0.717) is 0 Å². The second-order valence-electron chi connectivity index (χ2n) is 2.70.